The topological polar surface area (TPSA) is 121 Å². The van der Waals surface area contributed by atoms with Crippen molar-refractivity contribution in [1.29, 1.82) is 0 Å². The van der Waals surface area contributed by atoms with E-state index in [0.29, 0.717) is 13.0 Å². The predicted octanol–water partition coefficient (Wildman–Crippen LogP) is 2.12. The first kappa shape index (κ1) is 26.8. The fourth-order valence-electron chi connectivity index (χ4n) is 4.61. The van der Waals surface area contributed by atoms with Gasteiger partial charge in [0.05, 0.1) is 34.7 Å². The third kappa shape index (κ3) is 6.28. The molecule has 2 aliphatic rings. The second-order valence-corrected chi connectivity index (χ2v) is 9.19. The summed E-state index contributed by atoms with van der Waals surface area (Å²) >= 11 is 0. The van der Waals surface area contributed by atoms with Crippen molar-refractivity contribution in [2.45, 2.75) is 50.6 Å². The first-order valence-electron chi connectivity index (χ1n) is 11.8. The molecule has 11 nitrogen and oxygen atoms in total. The number of methoxy groups -OCH3 is 2. The number of nitro benzene ring substituents is 1. The lowest BCUT2D eigenvalue weighted by molar-refractivity contribution is -0.384. The van der Waals surface area contributed by atoms with Gasteiger partial charge in [0.2, 0.25) is 5.91 Å². The van der Waals surface area contributed by atoms with Gasteiger partial charge in [0, 0.05) is 53.5 Å². The molecule has 0 aromatic heterocycles. The van der Waals surface area contributed by atoms with E-state index in [4.69, 9.17) is 18.9 Å². The van der Waals surface area contributed by atoms with Crippen LogP contribution in [0.2, 0.25) is 0 Å². The highest BCUT2D eigenvalue weighted by atomic mass is 16.6. The highest BCUT2D eigenvalue weighted by Gasteiger charge is 2.34. The monoisotopic (exact) mass is 493 g/mol. The molecular formula is C24H35N3O8. The van der Waals surface area contributed by atoms with Crippen LogP contribution in [0, 0.1) is 16.0 Å². The average Bonchev–Trinajstić information content (AvgIpc) is 2.86. The van der Waals surface area contributed by atoms with Crippen LogP contribution < -0.4 is 4.74 Å². The minimum Gasteiger partial charge on any atom is -0.490 e. The van der Waals surface area contributed by atoms with Crippen molar-refractivity contribution in [3.63, 3.8) is 0 Å². The molecule has 1 saturated heterocycles. The van der Waals surface area contributed by atoms with Crippen LogP contribution in [0.4, 0.5) is 5.69 Å². The van der Waals surface area contributed by atoms with Crippen LogP contribution in [0.25, 0.3) is 0 Å². The predicted molar refractivity (Wildman–Crippen MR) is 126 cm³/mol. The molecule has 11 heteroatoms. The van der Waals surface area contributed by atoms with Crippen LogP contribution in [0.15, 0.2) is 18.2 Å². The van der Waals surface area contributed by atoms with E-state index in [9.17, 15) is 19.7 Å². The summed E-state index contributed by atoms with van der Waals surface area (Å²) in [6, 6.07) is 3.94. The normalized spacial score (nSPS) is 28.9. The van der Waals surface area contributed by atoms with Gasteiger partial charge in [-0.15, -0.1) is 0 Å². The van der Waals surface area contributed by atoms with E-state index in [0.717, 1.165) is 12.8 Å². The number of hydrogen-bond acceptors (Lipinski definition) is 8. The van der Waals surface area contributed by atoms with Gasteiger partial charge in [0.15, 0.2) is 0 Å². The minimum absolute atomic E-state index is 0.0565. The van der Waals surface area contributed by atoms with E-state index in [1.165, 1.54) is 30.2 Å². The first-order valence-corrected chi connectivity index (χ1v) is 11.8. The standard InChI is InChI=1S/C24H35N3O8/c1-15-21(33-5)13-26(3)24(29)18-12-16(27(30)31)6-8-19(18)34-14-22-20(32-4)9-7-17(35-22)10-11-25(2)23(15)28/h6,8,12,15,17,20-22H,7,9-11,13-14H2,1-5H3/t15-,17+,20+,21-,22+/m0/s1. The Bertz CT molecular complexity index is 926. The lowest BCUT2D eigenvalue weighted by Crippen LogP contribution is -2.47. The molecule has 1 aromatic carbocycles. The smallest absolute Gasteiger partial charge is 0.270 e. The molecule has 194 valence electrons. The summed E-state index contributed by atoms with van der Waals surface area (Å²) in [6.45, 7) is 2.53. The van der Waals surface area contributed by atoms with Crippen LogP contribution >= 0.6 is 0 Å². The Morgan fingerprint density at radius 3 is 2.43 bits per heavy atom. The van der Waals surface area contributed by atoms with Crippen molar-refractivity contribution in [1.82, 2.24) is 9.80 Å². The van der Waals surface area contributed by atoms with Gasteiger partial charge in [-0.25, -0.2) is 0 Å². The van der Waals surface area contributed by atoms with Gasteiger partial charge >= 0.3 is 0 Å². The first-order chi connectivity index (χ1) is 16.7. The molecule has 0 aliphatic carbocycles. The maximum atomic E-state index is 13.4. The lowest BCUT2D eigenvalue weighted by atomic mass is 9.98. The number of benzene rings is 1. The Morgan fingerprint density at radius 1 is 1.06 bits per heavy atom. The number of fused-ring (bicyclic) bond motifs is 3. The number of rotatable bonds is 3. The van der Waals surface area contributed by atoms with Crippen LogP contribution in [0.5, 0.6) is 5.75 Å². The number of likely N-dealkylation sites (N-methyl/N-ethyl adjacent to an activating group) is 1. The molecule has 1 fully saturated rings. The molecule has 5 atom stereocenters. The maximum Gasteiger partial charge on any atom is 0.270 e. The molecule has 0 spiro atoms. The van der Waals surface area contributed by atoms with Crippen molar-refractivity contribution in [3.05, 3.63) is 33.9 Å². The van der Waals surface area contributed by atoms with E-state index in [-0.39, 0.29) is 54.4 Å². The lowest BCUT2D eigenvalue weighted by Gasteiger charge is -2.37. The SMILES string of the molecule is CO[C@H]1CN(C)C(=O)c2cc([N+](=O)[O-])ccc2OC[C@H]2O[C@H](CC[C@H]2OC)CCN(C)C(=O)[C@H]1C. The number of amides is 2. The van der Waals surface area contributed by atoms with E-state index < -0.39 is 22.9 Å². The van der Waals surface area contributed by atoms with Crippen molar-refractivity contribution < 1.29 is 33.5 Å². The van der Waals surface area contributed by atoms with Gasteiger partial charge in [-0.1, -0.05) is 6.92 Å². The maximum absolute atomic E-state index is 13.4. The van der Waals surface area contributed by atoms with Gasteiger partial charge in [0.1, 0.15) is 18.5 Å². The summed E-state index contributed by atoms with van der Waals surface area (Å²) in [5.74, 6) is -0.854. The van der Waals surface area contributed by atoms with Crippen LogP contribution in [-0.4, -0.2) is 99.0 Å². The molecule has 2 bridgehead atoms. The van der Waals surface area contributed by atoms with Crippen molar-refractivity contribution in [2.75, 3.05) is 48.0 Å². The largest absolute Gasteiger partial charge is 0.490 e. The van der Waals surface area contributed by atoms with Gasteiger partial charge in [-0.2, -0.15) is 0 Å². The zero-order valence-electron chi connectivity index (χ0n) is 21.0. The van der Waals surface area contributed by atoms with E-state index in [1.807, 2.05) is 0 Å². The number of non-ortho nitro benzene ring substituents is 1. The summed E-state index contributed by atoms with van der Waals surface area (Å²) in [5, 5.41) is 11.4. The third-order valence-electron chi connectivity index (χ3n) is 6.88. The molecular weight excluding hydrogens is 458 g/mol. The Morgan fingerprint density at radius 2 is 1.77 bits per heavy atom. The van der Waals surface area contributed by atoms with Crippen molar-refractivity contribution >= 4 is 17.5 Å². The van der Waals surface area contributed by atoms with Gasteiger partial charge in [-0.3, -0.25) is 19.7 Å². The van der Waals surface area contributed by atoms with Crippen LogP contribution in [0.3, 0.4) is 0 Å². The molecule has 0 unspecified atom stereocenters. The number of nitrogens with zero attached hydrogens (tertiary/aromatic N) is 3. The second-order valence-electron chi connectivity index (χ2n) is 9.19. The summed E-state index contributed by atoms with van der Waals surface area (Å²) in [7, 11) is 6.43. The quantitative estimate of drug-likeness (QED) is 0.464. The Balaban J connectivity index is 1.98. The summed E-state index contributed by atoms with van der Waals surface area (Å²) < 4.78 is 23.4. The Labute approximate surface area is 205 Å². The number of hydrogen-bond donors (Lipinski definition) is 0. The molecule has 0 N–H and O–H groups in total. The Hall–Kier alpha value is -2.76. The molecule has 0 saturated carbocycles. The van der Waals surface area contributed by atoms with E-state index in [2.05, 4.69) is 0 Å². The summed E-state index contributed by atoms with van der Waals surface area (Å²) in [5.41, 5.74) is -0.165. The zero-order valence-corrected chi connectivity index (χ0v) is 21.0. The van der Waals surface area contributed by atoms with Gasteiger partial charge in [0.25, 0.3) is 11.6 Å². The summed E-state index contributed by atoms with van der Waals surface area (Å²) in [6.07, 6.45) is 1.01. The third-order valence-corrected chi connectivity index (χ3v) is 6.88. The van der Waals surface area contributed by atoms with Gasteiger partial charge in [-0.05, 0) is 25.3 Å². The van der Waals surface area contributed by atoms with Crippen molar-refractivity contribution in [3.8, 4) is 5.75 Å². The van der Waals surface area contributed by atoms with Crippen LogP contribution in [0.1, 0.15) is 36.5 Å². The number of carbonyl (C=O) groups excluding carboxylic acids is 2. The highest BCUT2D eigenvalue weighted by Crippen LogP contribution is 2.29. The number of carbonyl (C=O) groups is 2. The molecule has 2 amide bonds. The van der Waals surface area contributed by atoms with Gasteiger partial charge < -0.3 is 28.7 Å². The molecule has 2 heterocycles. The minimum atomic E-state index is -0.562. The second kappa shape index (κ2) is 11.8. The molecule has 0 radical (unpaired) electrons. The summed E-state index contributed by atoms with van der Waals surface area (Å²) in [4.78, 5) is 40.3. The number of nitro groups is 1. The Kier molecular flexibility index (Phi) is 9.03. The number of ether oxygens (including phenoxy) is 4. The fraction of sp³-hybridized carbons (Fsp3) is 0.667. The van der Waals surface area contributed by atoms with E-state index >= 15 is 0 Å². The highest BCUT2D eigenvalue weighted by molar-refractivity contribution is 5.97. The molecule has 3 rings (SSSR count). The molecule has 2 aliphatic heterocycles. The van der Waals surface area contributed by atoms with Crippen LogP contribution in [-0.2, 0) is 19.0 Å². The van der Waals surface area contributed by atoms with E-state index in [1.54, 1.807) is 33.0 Å². The average molecular weight is 494 g/mol. The van der Waals surface area contributed by atoms with Crippen molar-refractivity contribution in [2.24, 2.45) is 5.92 Å². The molecule has 35 heavy (non-hydrogen) atoms. The molecule has 1 aromatic rings. The zero-order chi connectivity index (χ0) is 25.7. The fourth-order valence-corrected chi connectivity index (χ4v) is 4.61.